The Morgan fingerprint density at radius 3 is 2.79 bits per heavy atom. The fourth-order valence-corrected chi connectivity index (χ4v) is 6.21. The van der Waals surface area contributed by atoms with Crippen molar-refractivity contribution < 1.29 is 29.1 Å². The van der Waals surface area contributed by atoms with Crippen molar-refractivity contribution in [3.05, 3.63) is 22.3 Å². The molecule has 1 fully saturated rings. The molecule has 2 aromatic heterocycles. The zero-order valence-corrected chi connectivity index (χ0v) is 20.3. The van der Waals surface area contributed by atoms with Gasteiger partial charge in [0.15, 0.2) is 5.71 Å². The first kappa shape index (κ1) is 24.0. The number of carboxylic acids is 1. The highest BCUT2D eigenvalue weighted by atomic mass is 32.2. The van der Waals surface area contributed by atoms with Gasteiger partial charge in [-0.05, 0) is 27.5 Å². The molecule has 2 N–H and O–H groups in total. The molecule has 0 saturated carbocycles. The number of carbonyl (C=O) groups is 3. The van der Waals surface area contributed by atoms with Crippen LogP contribution in [0.2, 0.25) is 0 Å². The number of carboxylic acid groups (broad SMARTS) is 1. The summed E-state index contributed by atoms with van der Waals surface area (Å²) in [4.78, 5) is 44.1. The molecule has 15 nitrogen and oxygen atoms in total. The third kappa shape index (κ3) is 4.01. The summed E-state index contributed by atoms with van der Waals surface area (Å²) in [6.45, 7) is 0. The Morgan fingerprint density at radius 2 is 2.21 bits per heavy atom. The fraction of sp³-hybridized carbons (Fsp3) is 0.438. The number of fused-ring (bicyclic) bond motifs is 1. The minimum atomic E-state index is -1.80. The lowest BCUT2D eigenvalue weighted by Crippen LogP contribution is -2.81. The van der Waals surface area contributed by atoms with Crippen molar-refractivity contribution in [2.75, 3.05) is 25.7 Å². The molecule has 0 aliphatic carbocycles. The lowest BCUT2D eigenvalue weighted by molar-refractivity contribution is -0.191. The molecule has 4 rings (SSSR count). The van der Waals surface area contributed by atoms with E-state index in [1.807, 2.05) is 0 Å². The highest BCUT2D eigenvalue weighted by Gasteiger charge is 2.66. The number of thioether (sulfide) groups is 2. The second-order valence-corrected chi connectivity index (χ2v) is 9.40. The van der Waals surface area contributed by atoms with Crippen LogP contribution in [-0.4, -0.2) is 100 Å². The number of oxime groups is 1. The lowest BCUT2D eigenvalue weighted by Gasteiger charge is -2.55. The number of methoxy groups -OCH3 is 1. The number of carbonyl (C=O) groups excluding carboxylic acids is 2. The molecule has 1 unspecified atom stereocenters. The molecule has 1 saturated heterocycles. The molecule has 2 amide bonds. The number of aliphatic carboxylic acids is 1. The van der Waals surface area contributed by atoms with Crippen LogP contribution < -0.4 is 5.32 Å². The summed E-state index contributed by atoms with van der Waals surface area (Å²) in [6.07, 6.45) is 0. The monoisotopic (exact) mass is 527 g/mol. The molecule has 0 radical (unpaired) electrons. The number of ether oxygens (including phenoxy) is 1. The minimum Gasteiger partial charge on any atom is -0.477 e. The third-order valence-corrected chi connectivity index (χ3v) is 7.87. The van der Waals surface area contributed by atoms with E-state index in [9.17, 15) is 19.5 Å². The number of amides is 2. The second kappa shape index (κ2) is 9.65. The summed E-state index contributed by atoms with van der Waals surface area (Å²) in [5.41, 5.74) is -1.50. The molecule has 4 heterocycles. The smallest absolute Gasteiger partial charge is 0.352 e. The van der Waals surface area contributed by atoms with E-state index in [0.717, 1.165) is 16.4 Å². The molecule has 2 aromatic rings. The van der Waals surface area contributed by atoms with E-state index >= 15 is 0 Å². The summed E-state index contributed by atoms with van der Waals surface area (Å²) < 4.78 is 10.6. The van der Waals surface area contributed by atoms with Gasteiger partial charge in [0, 0.05) is 31.0 Å². The predicted molar refractivity (Wildman–Crippen MR) is 119 cm³/mol. The van der Waals surface area contributed by atoms with Crippen LogP contribution >= 0.6 is 35.1 Å². The molecular formula is C16H17N9O6S3. The lowest BCUT2D eigenvalue weighted by atomic mass is 9.98. The Bertz CT molecular complexity index is 1180. The van der Waals surface area contributed by atoms with Crippen LogP contribution in [0.15, 0.2) is 27.0 Å². The molecule has 180 valence electrons. The summed E-state index contributed by atoms with van der Waals surface area (Å²) in [6, 6.07) is 0. The summed E-state index contributed by atoms with van der Waals surface area (Å²) in [5, 5.41) is 32.2. The van der Waals surface area contributed by atoms with Crippen LogP contribution in [0.4, 0.5) is 0 Å². The van der Waals surface area contributed by atoms with Crippen molar-refractivity contribution in [2.24, 2.45) is 12.2 Å². The van der Waals surface area contributed by atoms with Crippen LogP contribution in [0, 0.1) is 0 Å². The van der Waals surface area contributed by atoms with Gasteiger partial charge in [0.25, 0.3) is 17.5 Å². The first-order valence-corrected chi connectivity index (χ1v) is 12.2. The van der Waals surface area contributed by atoms with E-state index in [1.165, 1.54) is 47.8 Å². The predicted octanol–water partition coefficient (Wildman–Crippen LogP) is -1.08. The number of hydrogen-bond donors (Lipinski definition) is 2. The molecule has 0 bridgehead atoms. The van der Waals surface area contributed by atoms with Crippen molar-refractivity contribution in [3.63, 3.8) is 0 Å². The van der Waals surface area contributed by atoms with E-state index in [1.54, 1.807) is 7.05 Å². The van der Waals surface area contributed by atoms with Crippen LogP contribution in [0.25, 0.3) is 0 Å². The SMILES string of the molecule is CON=C(C(=O)NC1(OC)C(=O)N2C(C(=O)O)=C(CSc3nnnn3C)CS[C@H]21)c1csnn1. The quantitative estimate of drug-likeness (QED) is 0.132. The van der Waals surface area contributed by atoms with Crippen molar-refractivity contribution >= 4 is 58.6 Å². The number of rotatable bonds is 9. The maximum absolute atomic E-state index is 13.2. The Morgan fingerprint density at radius 1 is 1.41 bits per heavy atom. The zero-order chi connectivity index (χ0) is 24.5. The average molecular weight is 528 g/mol. The number of aryl methyl sites for hydroxylation is 1. The van der Waals surface area contributed by atoms with Crippen molar-refractivity contribution in [3.8, 4) is 0 Å². The molecule has 2 aliphatic heterocycles. The van der Waals surface area contributed by atoms with E-state index < -0.39 is 28.9 Å². The van der Waals surface area contributed by atoms with Crippen LogP contribution in [0.1, 0.15) is 5.69 Å². The third-order valence-electron chi connectivity index (χ3n) is 4.89. The largest absolute Gasteiger partial charge is 0.477 e. The Labute approximate surface area is 204 Å². The normalized spacial score (nSPS) is 22.3. The van der Waals surface area contributed by atoms with Crippen molar-refractivity contribution in [1.29, 1.82) is 0 Å². The average Bonchev–Trinajstić information content (AvgIpc) is 3.50. The topological polar surface area (TPSA) is 187 Å². The number of nitrogens with zero attached hydrogens (tertiary/aromatic N) is 8. The van der Waals surface area contributed by atoms with Gasteiger partial charge in [0.2, 0.25) is 5.16 Å². The Kier molecular flexibility index (Phi) is 6.82. The first-order chi connectivity index (χ1) is 16.3. The van der Waals surface area contributed by atoms with Gasteiger partial charge in [-0.3, -0.25) is 14.5 Å². The molecule has 0 aromatic carbocycles. The molecule has 18 heteroatoms. The molecule has 0 spiro atoms. The van der Waals surface area contributed by atoms with Gasteiger partial charge < -0.3 is 20.0 Å². The number of aromatic nitrogens is 6. The van der Waals surface area contributed by atoms with E-state index in [0.29, 0.717) is 10.7 Å². The highest BCUT2D eigenvalue weighted by molar-refractivity contribution is 8.01. The zero-order valence-electron chi connectivity index (χ0n) is 17.9. The van der Waals surface area contributed by atoms with Gasteiger partial charge in [-0.15, -0.1) is 22.0 Å². The molecule has 2 aliphatic rings. The van der Waals surface area contributed by atoms with Gasteiger partial charge >= 0.3 is 5.97 Å². The summed E-state index contributed by atoms with van der Waals surface area (Å²) >= 11 is 3.51. The van der Waals surface area contributed by atoms with Gasteiger partial charge in [-0.2, -0.15) is 0 Å². The minimum absolute atomic E-state index is 0.152. The van der Waals surface area contributed by atoms with Crippen LogP contribution in [0.5, 0.6) is 0 Å². The van der Waals surface area contributed by atoms with Crippen LogP contribution in [0.3, 0.4) is 0 Å². The van der Waals surface area contributed by atoms with Gasteiger partial charge in [0.1, 0.15) is 23.9 Å². The standard InChI is InChI=1S/C16H17N9O6S3/c1-24-15(19-21-22-24)33-5-7-4-32-14-16(30-2,13(29)25(14)10(7)12(27)28)17-11(26)9(20-31-3)8-6-34-23-18-8/h6,14H,4-5H2,1-3H3,(H,17,26)(H,27,28)/t14-,16?/m0/s1. The number of nitrogens with one attached hydrogen (secondary N) is 1. The maximum atomic E-state index is 13.2. The number of hydrogen-bond acceptors (Lipinski definition) is 14. The van der Waals surface area contributed by atoms with Gasteiger partial charge in [-0.1, -0.05) is 21.4 Å². The summed E-state index contributed by atoms with van der Waals surface area (Å²) in [7, 11) is 4.18. The van der Waals surface area contributed by atoms with E-state index in [4.69, 9.17) is 9.57 Å². The highest BCUT2D eigenvalue weighted by Crippen LogP contribution is 2.47. The summed E-state index contributed by atoms with van der Waals surface area (Å²) in [5.74, 6) is -2.25. The number of β-lactam (4-membered cyclic amide) rings is 1. The number of tetrazole rings is 1. The van der Waals surface area contributed by atoms with Crippen molar-refractivity contribution in [2.45, 2.75) is 16.3 Å². The molecular weight excluding hydrogens is 510 g/mol. The maximum Gasteiger partial charge on any atom is 0.352 e. The molecule has 2 atom stereocenters. The Hall–Kier alpha value is -3.09. The Balaban J connectivity index is 1.58. The molecule has 34 heavy (non-hydrogen) atoms. The van der Waals surface area contributed by atoms with E-state index in [2.05, 4.69) is 35.6 Å². The second-order valence-electron chi connectivity index (χ2n) is 6.78. The van der Waals surface area contributed by atoms with E-state index in [-0.39, 0.29) is 28.6 Å². The van der Waals surface area contributed by atoms with Gasteiger partial charge in [0.05, 0.1) is 0 Å². The fourth-order valence-electron chi connectivity index (χ4n) is 3.34. The van der Waals surface area contributed by atoms with Crippen LogP contribution in [-0.2, 0) is 31.0 Å². The van der Waals surface area contributed by atoms with Crippen molar-refractivity contribution in [1.82, 2.24) is 40.0 Å². The van der Waals surface area contributed by atoms with Gasteiger partial charge in [-0.25, -0.2) is 9.48 Å². The first-order valence-electron chi connectivity index (χ1n) is 9.36.